The van der Waals surface area contributed by atoms with E-state index < -0.39 is 45.0 Å². The predicted molar refractivity (Wildman–Crippen MR) is 106 cm³/mol. The molecule has 0 unspecified atom stereocenters. The number of nitrogens with zero attached hydrogens (tertiary/aromatic N) is 1. The predicted octanol–water partition coefficient (Wildman–Crippen LogP) is 3.29. The molecular weight excluding hydrogens is 459 g/mol. The summed E-state index contributed by atoms with van der Waals surface area (Å²) in [5.74, 6) is -3.54. The summed E-state index contributed by atoms with van der Waals surface area (Å²) in [4.78, 5) is 36.1. The number of hydrogen-bond acceptors (Lipinski definition) is 4. The van der Waals surface area contributed by atoms with Crippen molar-refractivity contribution in [1.82, 2.24) is 4.57 Å². The van der Waals surface area contributed by atoms with Crippen LogP contribution in [0.4, 0.5) is 8.78 Å². The summed E-state index contributed by atoms with van der Waals surface area (Å²) < 4.78 is 28.4. The number of phenolic OH excluding ortho intramolecular Hbond substituents is 1. The van der Waals surface area contributed by atoms with Crippen LogP contribution in [0.15, 0.2) is 36.4 Å². The molecule has 0 aliphatic heterocycles. The van der Waals surface area contributed by atoms with Gasteiger partial charge in [-0.05, 0) is 0 Å². The van der Waals surface area contributed by atoms with Gasteiger partial charge in [0.1, 0.15) is 0 Å². The van der Waals surface area contributed by atoms with Crippen molar-refractivity contribution >= 4 is 43.1 Å². The molecule has 0 fully saturated rings. The SMILES string of the molecule is Cc1c(CC(=O)[As]CCC(=O)O)c2cc(O)c(F)cc2n1C(=O)c1ccc(F)cc1. The maximum absolute atomic E-state index is 14.1. The van der Waals surface area contributed by atoms with Crippen LogP contribution in [0.25, 0.3) is 10.9 Å². The molecule has 0 atom stereocenters. The van der Waals surface area contributed by atoms with Gasteiger partial charge in [-0.3, -0.25) is 0 Å². The van der Waals surface area contributed by atoms with E-state index in [4.69, 9.17) is 5.11 Å². The standard InChI is InChI=1S/C21H17AsF2NO5/c1-11-14(9-19(27)22-7-6-20(28)29)15-8-18(26)16(24)10-17(15)25(11)21(30)12-2-4-13(23)5-3-12/h2-5,8,10,26H,6-7,9H2,1H3,(H,28,29). The van der Waals surface area contributed by atoms with Crippen LogP contribution in [0.5, 0.6) is 5.75 Å². The van der Waals surface area contributed by atoms with E-state index in [1.807, 2.05) is 0 Å². The van der Waals surface area contributed by atoms with Gasteiger partial charge >= 0.3 is 177 Å². The van der Waals surface area contributed by atoms with Crippen LogP contribution < -0.4 is 0 Å². The van der Waals surface area contributed by atoms with Crippen molar-refractivity contribution < 1.29 is 33.4 Å². The van der Waals surface area contributed by atoms with Crippen LogP contribution >= 0.6 is 0 Å². The fraction of sp³-hybridized carbons (Fsp3) is 0.190. The van der Waals surface area contributed by atoms with E-state index in [2.05, 4.69) is 0 Å². The minimum absolute atomic E-state index is 0.0588. The zero-order chi connectivity index (χ0) is 22.0. The Kier molecular flexibility index (Phi) is 6.36. The number of carboxylic acid groups (broad SMARTS) is 1. The van der Waals surface area contributed by atoms with E-state index in [1.54, 1.807) is 6.92 Å². The maximum atomic E-state index is 14.1. The third kappa shape index (κ3) is 4.44. The van der Waals surface area contributed by atoms with Gasteiger partial charge in [0.2, 0.25) is 0 Å². The Hall–Kier alpha value is -2.99. The molecule has 0 aliphatic rings. The van der Waals surface area contributed by atoms with Crippen molar-refractivity contribution in [2.75, 3.05) is 0 Å². The van der Waals surface area contributed by atoms with E-state index in [-0.39, 0.29) is 33.7 Å². The molecule has 0 bridgehead atoms. The molecule has 155 valence electrons. The monoisotopic (exact) mass is 476 g/mol. The molecule has 0 spiro atoms. The van der Waals surface area contributed by atoms with Gasteiger partial charge in [0.25, 0.3) is 0 Å². The fourth-order valence-electron chi connectivity index (χ4n) is 3.18. The van der Waals surface area contributed by atoms with Crippen molar-refractivity contribution in [3.63, 3.8) is 0 Å². The summed E-state index contributed by atoms with van der Waals surface area (Å²) in [6.45, 7) is 1.60. The summed E-state index contributed by atoms with van der Waals surface area (Å²) in [7, 11) is 0. The van der Waals surface area contributed by atoms with Crippen molar-refractivity contribution in [2.24, 2.45) is 0 Å². The molecule has 2 aromatic carbocycles. The number of halogens is 2. The third-order valence-electron chi connectivity index (χ3n) is 4.64. The van der Waals surface area contributed by atoms with E-state index in [9.17, 15) is 28.3 Å². The third-order valence-corrected chi connectivity index (χ3v) is 6.65. The van der Waals surface area contributed by atoms with Gasteiger partial charge in [-0.2, -0.15) is 0 Å². The number of rotatable bonds is 7. The molecule has 9 heteroatoms. The second-order valence-corrected chi connectivity index (χ2v) is 9.28. The Morgan fingerprint density at radius 3 is 2.40 bits per heavy atom. The molecule has 1 radical (unpaired) electrons. The number of carbonyl (C=O) groups is 3. The first-order valence-corrected chi connectivity index (χ1v) is 11.2. The number of hydrogen-bond donors (Lipinski definition) is 2. The summed E-state index contributed by atoms with van der Waals surface area (Å²) in [5.41, 5.74) is 1.22. The van der Waals surface area contributed by atoms with Crippen LogP contribution in [-0.4, -0.2) is 47.0 Å². The summed E-state index contributed by atoms with van der Waals surface area (Å²) in [6.07, 6.45) is -0.155. The number of phenols is 1. The minimum atomic E-state index is -0.976. The molecule has 30 heavy (non-hydrogen) atoms. The number of aliphatic carboxylic acids is 1. The Morgan fingerprint density at radius 2 is 1.77 bits per heavy atom. The fourth-order valence-corrected chi connectivity index (χ4v) is 4.90. The molecule has 0 saturated carbocycles. The first-order valence-electron chi connectivity index (χ1n) is 8.93. The summed E-state index contributed by atoms with van der Waals surface area (Å²) >= 11 is -0.870. The van der Waals surface area contributed by atoms with Gasteiger partial charge in [0, 0.05) is 0 Å². The van der Waals surface area contributed by atoms with E-state index >= 15 is 0 Å². The normalized spacial score (nSPS) is 11.4. The molecule has 6 nitrogen and oxygen atoms in total. The summed E-state index contributed by atoms with van der Waals surface area (Å²) in [5, 5.41) is 19.2. The Morgan fingerprint density at radius 1 is 1.10 bits per heavy atom. The van der Waals surface area contributed by atoms with Crippen molar-refractivity contribution in [1.29, 1.82) is 0 Å². The number of fused-ring (bicyclic) bond motifs is 1. The van der Waals surface area contributed by atoms with Crippen LogP contribution in [0, 0.1) is 18.6 Å². The van der Waals surface area contributed by atoms with Crippen LogP contribution in [0.1, 0.15) is 28.0 Å². The second-order valence-electron chi connectivity index (χ2n) is 6.63. The van der Waals surface area contributed by atoms with E-state index in [0.29, 0.717) is 16.6 Å². The van der Waals surface area contributed by atoms with Crippen molar-refractivity contribution in [3.8, 4) is 5.75 Å². The first kappa shape index (κ1) is 21.7. The van der Waals surface area contributed by atoms with Crippen molar-refractivity contribution in [3.05, 3.63) is 64.9 Å². The Balaban J connectivity index is 2.05. The number of carboxylic acids is 1. The van der Waals surface area contributed by atoms with Gasteiger partial charge in [-0.1, -0.05) is 0 Å². The topological polar surface area (TPSA) is 96.6 Å². The van der Waals surface area contributed by atoms with Gasteiger partial charge in [0.05, 0.1) is 0 Å². The van der Waals surface area contributed by atoms with Gasteiger partial charge in [-0.25, -0.2) is 0 Å². The molecule has 3 rings (SSSR count). The molecule has 0 amide bonds. The molecule has 0 saturated heterocycles. The molecule has 1 heterocycles. The molecule has 2 N–H and O–H groups in total. The van der Waals surface area contributed by atoms with Crippen LogP contribution in [0.3, 0.4) is 0 Å². The quantitative estimate of drug-likeness (QED) is 0.511. The van der Waals surface area contributed by atoms with E-state index in [0.717, 1.165) is 18.2 Å². The van der Waals surface area contributed by atoms with Gasteiger partial charge in [0.15, 0.2) is 0 Å². The average molecular weight is 476 g/mol. The van der Waals surface area contributed by atoms with Gasteiger partial charge < -0.3 is 0 Å². The molecule has 1 aromatic heterocycles. The average Bonchev–Trinajstić information content (AvgIpc) is 2.93. The first-order chi connectivity index (χ1) is 14.2. The van der Waals surface area contributed by atoms with Crippen LogP contribution in [-0.2, 0) is 16.0 Å². The summed E-state index contributed by atoms with van der Waals surface area (Å²) in [6, 6.07) is 7.07. The molecule has 3 aromatic rings. The van der Waals surface area contributed by atoms with Crippen molar-refractivity contribution in [2.45, 2.75) is 25.0 Å². The van der Waals surface area contributed by atoms with Gasteiger partial charge in [-0.15, -0.1) is 0 Å². The number of aromatic nitrogens is 1. The second kappa shape index (κ2) is 8.79. The van der Waals surface area contributed by atoms with E-state index in [1.165, 1.54) is 22.8 Å². The molecular formula is C21H17AsF2NO5. The zero-order valence-electron chi connectivity index (χ0n) is 15.9. The molecule has 0 aliphatic carbocycles. The Bertz CT molecular complexity index is 1150. The number of carbonyl (C=O) groups excluding carboxylic acids is 2. The zero-order valence-corrected chi connectivity index (χ0v) is 17.7. The number of aromatic hydroxyl groups is 1. The van der Waals surface area contributed by atoms with Crippen LogP contribution in [0.2, 0.25) is 5.21 Å². The Labute approximate surface area is 176 Å². The number of benzene rings is 2.